The summed E-state index contributed by atoms with van der Waals surface area (Å²) in [5.41, 5.74) is 0.798. The van der Waals surface area contributed by atoms with E-state index >= 15 is 0 Å². The van der Waals surface area contributed by atoms with Crippen LogP contribution < -0.4 is 14.4 Å². The molecule has 11 heteroatoms. The molecule has 0 radical (unpaired) electrons. The van der Waals surface area contributed by atoms with Gasteiger partial charge in [-0.1, -0.05) is 49.0 Å². The van der Waals surface area contributed by atoms with Crippen molar-refractivity contribution in [2.75, 3.05) is 23.7 Å². The van der Waals surface area contributed by atoms with Gasteiger partial charge in [0.2, 0.25) is 21.8 Å². The number of halogens is 2. The van der Waals surface area contributed by atoms with E-state index in [1.54, 1.807) is 42.5 Å². The number of ether oxygens (including phenoxy) is 1. The van der Waals surface area contributed by atoms with Gasteiger partial charge < -0.3 is 15.0 Å². The fourth-order valence-corrected chi connectivity index (χ4v) is 6.00. The van der Waals surface area contributed by atoms with Crippen LogP contribution in [0.25, 0.3) is 0 Å². The lowest BCUT2D eigenvalue weighted by Crippen LogP contribution is -2.53. The molecule has 1 aliphatic rings. The number of hydrogen-bond acceptors (Lipinski definition) is 5. The highest BCUT2D eigenvalue weighted by molar-refractivity contribution is 7.92. The lowest BCUT2D eigenvalue weighted by Gasteiger charge is -2.33. The molecule has 0 aromatic heterocycles. The highest BCUT2D eigenvalue weighted by atomic mass is 35.5. The summed E-state index contributed by atoms with van der Waals surface area (Å²) in [6.45, 7) is 3.59. The van der Waals surface area contributed by atoms with Crippen molar-refractivity contribution in [1.29, 1.82) is 0 Å². The van der Waals surface area contributed by atoms with Crippen molar-refractivity contribution in [3.63, 3.8) is 0 Å². The van der Waals surface area contributed by atoms with Crippen molar-refractivity contribution in [1.82, 2.24) is 10.2 Å². The molecule has 0 bridgehead atoms. The highest BCUT2D eigenvalue weighted by Crippen LogP contribution is 2.28. The molecule has 1 fully saturated rings. The Morgan fingerprint density at radius 3 is 2.18 bits per heavy atom. The molecule has 1 N–H and O–H groups in total. The van der Waals surface area contributed by atoms with Crippen LogP contribution in [0.3, 0.4) is 0 Å². The molecule has 1 unspecified atom stereocenters. The molecule has 2 amide bonds. The summed E-state index contributed by atoms with van der Waals surface area (Å²) in [5, 5.41) is 3.78. The van der Waals surface area contributed by atoms with E-state index in [1.165, 1.54) is 4.90 Å². The minimum Gasteiger partial charge on any atom is -0.494 e. The summed E-state index contributed by atoms with van der Waals surface area (Å²) < 4.78 is 32.0. The Balaban J connectivity index is 1.94. The van der Waals surface area contributed by atoms with Crippen LogP contribution in [-0.4, -0.2) is 56.6 Å². The van der Waals surface area contributed by atoms with Gasteiger partial charge in [-0.25, -0.2) is 8.42 Å². The van der Waals surface area contributed by atoms with Crippen molar-refractivity contribution < 1.29 is 22.7 Å². The third kappa shape index (κ3) is 7.77. The van der Waals surface area contributed by atoms with E-state index in [9.17, 15) is 18.0 Å². The zero-order valence-corrected chi connectivity index (χ0v) is 24.3. The lowest BCUT2D eigenvalue weighted by atomic mass is 10.1. The van der Waals surface area contributed by atoms with Crippen LogP contribution in [-0.2, 0) is 26.2 Å². The van der Waals surface area contributed by atoms with Crippen molar-refractivity contribution in [2.45, 2.75) is 64.6 Å². The van der Waals surface area contributed by atoms with Gasteiger partial charge in [-0.2, -0.15) is 0 Å². The van der Waals surface area contributed by atoms with E-state index in [4.69, 9.17) is 27.9 Å². The fourth-order valence-electron chi connectivity index (χ4n) is 4.63. The number of anilines is 1. The van der Waals surface area contributed by atoms with Gasteiger partial charge in [0.05, 0.1) is 18.6 Å². The van der Waals surface area contributed by atoms with Crippen molar-refractivity contribution in [2.24, 2.45) is 0 Å². The monoisotopic (exact) mass is 583 g/mol. The van der Waals surface area contributed by atoms with Crippen LogP contribution >= 0.6 is 23.2 Å². The molecule has 0 aliphatic heterocycles. The molecule has 8 nitrogen and oxygen atoms in total. The lowest BCUT2D eigenvalue weighted by molar-refractivity contribution is -0.140. The van der Waals surface area contributed by atoms with E-state index in [0.717, 1.165) is 36.2 Å². The Labute approximate surface area is 235 Å². The van der Waals surface area contributed by atoms with Crippen LogP contribution in [0, 0.1) is 0 Å². The summed E-state index contributed by atoms with van der Waals surface area (Å²) in [6, 6.07) is 10.7. The Kier molecular flexibility index (Phi) is 10.7. The number of benzene rings is 2. The Bertz CT molecular complexity index is 1200. The molecule has 38 heavy (non-hydrogen) atoms. The number of rotatable bonds is 12. The van der Waals surface area contributed by atoms with Crippen LogP contribution in [0.2, 0.25) is 10.0 Å². The number of carbonyl (C=O) groups is 2. The Morgan fingerprint density at radius 2 is 1.66 bits per heavy atom. The molecular weight excluding hydrogens is 549 g/mol. The SMILES string of the molecule is CCOc1ccc(N(CC(=O)N(Cc2c(Cl)cccc2Cl)C(CC)C(=O)NC2CCCC2)S(C)(=O)=O)cc1. The third-order valence-electron chi connectivity index (χ3n) is 6.59. The molecule has 1 aliphatic carbocycles. The van der Waals surface area contributed by atoms with Gasteiger partial charge in [0.15, 0.2) is 0 Å². The predicted octanol–water partition coefficient (Wildman–Crippen LogP) is 5.02. The minimum atomic E-state index is -3.84. The van der Waals surface area contributed by atoms with E-state index in [0.29, 0.717) is 40.1 Å². The van der Waals surface area contributed by atoms with Crippen LogP contribution in [0.15, 0.2) is 42.5 Å². The molecule has 1 saturated carbocycles. The zero-order chi connectivity index (χ0) is 27.9. The summed E-state index contributed by atoms with van der Waals surface area (Å²) in [5.74, 6) is -0.239. The smallest absolute Gasteiger partial charge is 0.244 e. The third-order valence-corrected chi connectivity index (χ3v) is 8.44. The largest absolute Gasteiger partial charge is 0.494 e. The first-order chi connectivity index (χ1) is 18.0. The van der Waals surface area contributed by atoms with Crippen LogP contribution in [0.5, 0.6) is 5.75 Å². The minimum absolute atomic E-state index is 0.0468. The highest BCUT2D eigenvalue weighted by Gasteiger charge is 2.33. The second-order valence-corrected chi connectivity index (χ2v) is 12.1. The van der Waals surface area contributed by atoms with Gasteiger partial charge in [-0.05, 0) is 62.6 Å². The number of amides is 2. The fraction of sp³-hybridized carbons (Fsp3) is 0.481. The zero-order valence-electron chi connectivity index (χ0n) is 22.0. The number of carbonyl (C=O) groups excluding carboxylic acids is 2. The first-order valence-electron chi connectivity index (χ1n) is 12.8. The molecule has 2 aromatic rings. The summed E-state index contributed by atoms with van der Waals surface area (Å²) >= 11 is 12.8. The second-order valence-electron chi connectivity index (χ2n) is 9.33. The summed E-state index contributed by atoms with van der Waals surface area (Å²) in [4.78, 5) is 28.6. The van der Waals surface area contributed by atoms with Gasteiger partial charge in [0, 0.05) is 28.2 Å². The van der Waals surface area contributed by atoms with Gasteiger partial charge in [-0.15, -0.1) is 0 Å². The summed E-state index contributed by atoms with van der Waals surface area (Å²) in [7, 11) is -3.84. The Hall–Kier alpha value is -2.49. The van der Waals surface area contributed by atoms with Crippen LogP contribution in [0.4, 0.5) is 5.69 Å². The molecule has 208 valence electrons. The average molecular weight is 585 g/mol. The standard InChI is InChI=1S/C27H35Cl2N3O5S/c1-4-25(27(34)30-19-9-6-7-10-19)31(17-22-23(28)11-8-12-24(22)29)26(33)18-32(38(3,35)36)20-13-15-21(16-14-20)37-5-2/h8,11-16,19,25H,4-7,9-10,17-18H2,1-3H3,(H,30,34). The first-order valence-corrected chi connectivity index (χ1v) is 15.4. The van der Waals surface area contributed by atoms with Gasteiger partial charge in [-0.3, -0.25) is 13.9 Å². The average Bonchev–Trinajstić information content (AvgIpc) is 3.37. The molecule has 0 spiro atoms. The predicted molar refractivity (Wildman–Crippen MR) is 151 cm³/mol. The van der Waals surface area contributed by atoms with Crippen molar-refractivity contribution in [3.8, 4) is 5.75 Å². The number of nitrogens with zero attached hydrogens (tertiary/aromatic N) is 2. The molecule has 3 rings (SSSR count). The topological polar surface area (TPSA) is 96.0 Å². The van der Waals surface area contributed by atoms with Gasteiger partial charge >= 0.3 is 0 Å². The number of sulfonamides is 1. The number of hydrogen-bond donors (Lipinski definition) is 1. The molecule has 0 saturated heterocycles. The maximum atomic E-state index is 13.8. The van der Waals surface area contributed by atoms with E-state index in [1.807, 2.05) is 13.8 Å². The number of nitrogens with one attached hydrogen (secondary N) is 1. The molecule has 1 atom stereocenters. The molecule has 2 aromatic carbocycles. The van der Waals surface area contributed by atoms with Crippen molar-refractivity contribution in [3.05, 3.63) is 58.1 Å². The Morgan fingerprint density at radius 1 is 1.05 bits per heavy atom. The molecular formula is C27H35Cl2N3O5S. The van der Waals surface area contributed by atoms with Crippen LogP contribution in [0.1, 0.15) is 51.5 Å². The van der Waals surface area contributed by atoms with E-state index in [2.05, 4.69) is 5.32 Å². The van der Waals surface area contributed by atoms with Crippen molar-refractivity contribution >= 4 is 50.7 Å². The van der Waals surface area contributed by atoms with Gasteiger partial charge in [0.1, 0.15) is 18.3 Å². The quantitative estimate of drug-likeness (QED) is 0.378. The summed E-state index contributed by atoms with van der Waals surface area (Å²) in [6.07, 6.45) is 5.25. The normalized spacial score (nSPS) is 14.7. The first kappa shape index (κ1) is 30.1. The van der Waals surface area contributed by atoms with E-state index in [-0.39, 0.29) is 18.5 Å². The maximum absolute atomic E-state index is 13.8. The van der Waals surface area contributed by atoms with E-state index < -0.39 is 28.5 Å². The maximum Gasteiger partial charge on any atom is 0.244 e. The molecule has 0 heterocycles. The van der Waals surface area contributed by atoms with Gasteiger partial charge in [0.25, 0.3) is 0 Å². The second kappa shape index (κ2) is 13.5.